The molecular formula is C15H12BrClN2. The Labute approximate surface area is 125 Å². The van der Waals surface area contributed by atoms with Crippen molar-refractivity contribution in [1.82, 2.24) is 9.55 Å². The minimum Gasteiger partial charge on any atom is -0.322 e. The standard InChI is InChI=1S/C15H12BrClN2/c16-12-6-2-1-5-11(12)10-19-14-8-4-3-7-13(14)18-15(19)9-17/h1-8H,9-10H2. The average Bonchev–Trinajstić information content (AvgIpc) is 2.79. The van der Waals surface area contributed by atoms with Crippen LogP contribution in [0.4, 0.5) is 0 Å². The van der Waals surface area contributed by atoms with Gasteiger partial charge in [0.25, 0.3) is 0 Å². The third-order valence-electron chi connectivity index (χ3n) is 3.14. The molecule has 0 aliphatic carbocycles. The van der Waals surface area contributed by atoms with E-state index in [0.717, 1.165) is 27.9 Å². The summed E-state index contributed by atoms with van der Waals surface area (Å²) in [5, 5.41) is 0. The molecule has 19 heavy (non-hydrogen) atoms. The highest BCUT2D eigenvalue weighted by Gasteiger charge is 2.10. The number of rotatable bonds is 3. The number of imidazole rings is 1. The quantitative estimate of drug-likeness (QED) is 0.640. The van der Waals surface area contributed by atoms with Crippen molar-refractivity contribution in [2.24, 2.45) is 0 Å². The Balaban J connectivity index is 2.12. The number of hydrogen-bond acceptors (Lipinski definition) is 1. The van der Waals surface area contributed by atoms with Gasteiger partial charge in [-0.15, -0.1) is 11.6 Å². The van der Waals surface area contributed by atoms with Gasteiger partial charge in [-0.25, -0.2) is 4.98 Å². The molecule has 2 aromatic carbocycles. The molecule has 0 unspecified atom stereocenters. The first-order chi connectivity index (χ1) is 9.29. The van der Waals surface area contributed by atoms with E-state index in [1.54, 1.807) is 0 Å². The van der Waals surface area contributed by atoms with Gasteiger partial charge in [-0.3, -0.25) is 0 Å². The Morgan fingerprint density at radius 3 is 2.58 bits per heavy atom. The molecule has 0 N–H and O–H groups in total. The molecule has 0 saturated carbocycles. The SMILES string of the molecule is ClCc1nc2ccccc2n1Cc1ccccc1Br. The number of fused-ring (bicyclic) bond motifs is 1. The van der Waals surface area contributed by atoms with Crippen LogP contribution in [0.3, 0.4) is 0 Å². The van der Waals surface area contributed by atoms with Crippen LogP contribution in [0.15, 0.2) is 53.0 Å². The molecule has 0 saturated heterocycles. The van der Waals surface area contributed by atoms with E-state index in [2.05, 4.69) is 43.7 Å². The van der Waals surface area contributed by atoms with E-state index in [4.69, 9.17) is 11.6 Å². The van der Waals surface area contributed by atoms with Crippen LogP contribution in [0.1, 0.15) is 11.4 Å². The Morgan fingerprint density at radius 1 is 1.05 bits per heavy atom. The van der Waals surface area contributed by atoms with Crippen LogP contribution in [-0.2, 0) is 12.4 Å². The lowest BCUT2D eigenvalue weighted by atomic mass is 10.2. The summed E-state index contributed by atoms with van der Waals surface area (Å²) in [7, 11) is 0. The maximum Gasteiger partial charge on any atom is 0.125 e. The molecule has 0 fully saturated rings. The maximum absolute atomic E-state index is 6.01. The Kier molecular flexibility index (Phi) is 3.58. The van der Waals surface area contributed by atoms with E-state index >= 15 is 0 Å². The lowest BCUT2D eigenvalue weighted by Gasteiger charge is -2.09. The number of halogens is 2. The summed E-state index contributed by atoms with van der Waals surface area (Å²) in [4.78, 5) is 4.57. The van der Waals surface area contributed by atoms with Crippen LogP contribution < -0.4 is 0 Å². The molecule has 0 spiro atoms. The van der Waals surface area contributed by atoms with Gasteiger partial charge in [0.15, 0.2) is 0 Å². The highest BCUT2D eigenvalue weighted by Crippen LogP contribution is 2.22. The first-order valence-corrected chi connectivity index (χ1v) is 7.36. The van der Waals surface area contributed by atoms with Gasteiger partial charge in [0.2, 0.25) is 0 Å². The summed E-state index contributed by atoms with van der Waals surface area (Å²) in [5.74, 6) is 1.32. The third-order valence-corrected chi connectivity index (χ3v) is 4.15. The number of alkyl halides is 1. The van der Waals surface area contributed by atoms with Gasteiger partial charge in [0.1, 0.15) is 5.82 Å². The smallest absolute Gasteiger partial charge is 0.125 e. The fraction of sp³-hybridized carbons (Fsp3) is 0.133. The van der Waals surface area contributed by atoms with Crippen LogP contribution in [0.25, 0.3) is 11.0 Å². The minimum absolute atomic E-state index is 0.416. The number of aromatic nitrogens is 2. The first kappa shape index (κ1) is 12.7. The molecule has 1 heterocycles. The van der Waals surface area contributed by atoms with E-state index < -0.39 is 0 Å². The number of nitrogens with zero attached hydrogens (tertiary/aromatic N) is 2. The molecule has 0 aliphatic heterocycles. The van der Waals surface area contributed by atoms with Crippen molar-refractivity contribution < 1.29 is 0 Å². The normalized spacial score (nSPS) is 11.1. The molecule has 0 bridgehead atoms. The van der Waals surface area contributed by atoms with Gasteiger partial charge in [0.05, 0.1) is 23.5 Å². The maximum atomic E-state index is 6.01. The van der Waals surface area contributed by atoms with E-state index in [-0.39, 0.29) is 0 Å². The van der Waals surface area contributed by atoms with Crippen molar-refractivity contribution in [2.75, 3.05) is 0 Å². The first-order valence-electron chi connectivity index (χ1n) is 6.03. The molecule has 3 aromatic rings. The topological polar surface area (TPSA) is 17.8 Å². The molecule has 0 atom stereocenters. The predicted octanol–water partition coefficient (Wildman–Crippen LogP) is 4.59. The molecule has 0 amide bonds. The minimum atomic E-state index is 0.416. The molecule has 3 rings (SSSR count). The van der Waals surface area contributed by atoms with E-state index in [9.17, 15) is 0 Å². The summed E-state index contributed by atoms with van der Waals surface area (Å²) in [6.45, 7) is 0.768. The molecule has 0 radical (unpaired) electrons. The van der Waals surface area contributed by atoms with Gasteiger partial charge in [-0.1, -0.05) is 46.3 Å². The Hall–Kier alpha value is -1.32. The molecule has 96 valence electrons. The summed E-state index contributed by atoms with van der Waals surface area (Å²) < 4.78 is 3.27. The molecule has 0 aliphatic rings. The largest absolute Gasteiger partial charge is 0.322 e. The lowest BCUT2D eigenvalue weighted by Crippen LogP contribution is -2.04. The highest BCUT2D eigenvalue weighted by molar-refractivity contribution is 9.10. The molecule has 2 nitrogen and oxygen atoms in total. The van der Waals surface area contributed by atoms with E-state index in [1.165, 1.54) is 5.56 Å². The van der Waals surface area contributed by atoms with Crippen LogP contribution in [-0.4, -0.2) is 9.55 Å². The number of para-hydroxylation sites is 2. The zero-order valence-electron chi connectivity index (χ0n) is 10.2. The van der Waals surface area contributed by atoms with Gasteiger partial charge >= 0.3 is 0 Å². The number of hydrogen-bond donors (Lipinski definition) is 0. The van der Waals surface area contributed by atoms with E-state index in [1.807, 2.05) is 30.3 Å². The lowest BCUT2D eigenvalue weighted by molar-refractivity contribution is 0.776. The molecule has 4 heteroatoms. The summed E-state index contributed by atoms with van der Waals surface area (Å²) in [6, 6.07) is 16.3. The average molecular weight is 336 g/mol. The Bertz CT molecular complexity index is 721. The van der Waals surface area contributed by atoms with Crippen molar-refractivity contribution in [3.8, 4) is 0 Å². The zero-order valence-corrected chi connectivity index (χ0v) is 12.5. The fourth-order valence-corrected chi connectivity index (χ4v) is 2.82. The Morgan fingerprint density at radius 2 is 1.79 bits per heavy atom. The molecule has 1 aromatic heterocycles. The van der Waals surface area contributed by atoms with Crippen LogP contribution in [0.5, 0.6) is 0 Å². The van der Waals surface area contributed by atoms with E-state index in [0.29, 0.717) is 5.88 Å². The second-order valence-corrected chi connectivity index (χ2v) is 5.45. The van der Waals surface area contributed by atoms with Crippen molar-refractivity contribution in [1.29, 1.82) is 0 Å². The van der Waals surface area contributed by atoms with Gasteiger partial charge < -0.3 is 4.57 Å². The van der Waals surface area contributed by atoms with Crippen LogP contribution >= 0.6 is 27.5 Å². The monoisotopic (exact) mass is 334 g/mol. The predicted molar refractivity (Wildman–Crippen MR) is 82.5 cm³/mol. The summed E-state index contributed by atoms with van der Waals surface area (Å²) >= 11 is 9.60. The van der Waals surface area contributed by atoms with Crippen molar-refractivity contribution in [3.63, 3.8) is 0 Å². The second-order valence-electron chi connectivity index (χ2n) is 4.33. The summed E-state index contributed by atoms with van der Waals surface area (Å²) in [5.41, 5.74) is 3.33. The fourth-order valence-electron chi connectivity index (χ4n) is 2.20. The van der Waals surface area contributed by atoms with Crippen molar-refractivity contribution >= 4 is 38.6 Å². The molecular weight excluding hydrogens is 324 g/mol. The highest BCUT2D eigenvalue weighted by atomic mass is 79.9. The third kappa shape index (κ3) is 2.40. The summed E-state index contributed by atoms with van der Waals surface area (Å²) in [6.07, 6.45) is 0. The van der Waals surface area contributed by atoms with Crippen LogP contribution in [0.2, 0.25) is 0 Å². The van der Waals surface area contributed by atoms with Gasteiger partial charge in [-0.05, 0) is 23.8 Å². The van der Waals surface area contributed by atoms with Crippen molar-refractivity contribution in [3.05, 3.63) is 64.4 Å². The van der Waals surface area contributed by atoms with Gasteiger partial charge in [0, 0.05) is 4.47 Å². The van der Waals surface area contributed by atoms with Gasteiger partial charge in [-0.2, -0.15) is 0 Å². The van der Waals surface area contributed by atoms with Crippen molar-refractivity contribution in [2.45, 2.75) is 12.4 Å². The van der Waals surface area contributed by atoms with Crippen LogP contribution in [0, 0.1) is 0 Å². The zero-order chi connectivity index (χ0) is 13.2. The second kappa shape index (κ2) is 5.35. The number of benzene rings is 2.